The van der Waals surface area contributed by atoms with E-state index in [9.17, 15) is 14.7 Å². The fourth-order valence-corrected chi connectivity index (χ4v) is 4.00. The number of carboxylic acids is 1. The Morgan fingerprint density at radius 2 is 2.32 bits per heavy atom. The summed E-state index contributed by atoms with van der Waals surface area (Å²) >= 11 is 6.15. The summed E-state index contributed by atoms with van der Waals surface area (Å²) in [6, 6.07) is 3.77. The molecule has 1 amide bonds. The number of thioether (sulfide) groups is 1. The van der Waals surface area contributed by atoms with Crippen LogP contribution in [0.4, 0.5) is 0 Å². The molecule has 2 aliphatic rings. The van der Waals surface area contributed by atoms with Gasteiger partial charge < -0.3 is 19.4 Å². The summed E-state index contributed by atoms with van der Waals surface area (Å²) in [5.74, 6) is -0.375. The second kappa shape index (κ2) is 7.05. The number of thiocarbonyl (C=S) groups is 1. The number of fused-ring (bicyclic) bond motifs is 1. The topological polar surface area (TPSA) is 78.9 Å². The summed E-state index contributed by atoms with van der Waals surface area (Å²) in [7, 11) is 0. The van der Waals surface area contributed by atoms with Crippen molar-refractivity contribution in [1.82, 2.24) is 4.90 Å². The van der Waals surface area contributed by atoms with Gasteiger partial charge in [-0.25, -0.2) is 0 Å². The van der Waals surface area contributed by atoms with E-state index in [2.05, 4.69) is 0 Å². The van der Waals surface area contributed by atoms with E-state index in [0.717, 1.165) is 34.4 Å². The molecule has 25 heavy (non-hydrogen) atoms. The van der Waals surface area contributed by atoms with Gasteiger partial charge in [0.05, 0.1) is 24.0 Å². The summed E-state index contributed by atoms with van der Waals surface area (Å²) in [5, 5.41) is 10.8. The molecule has 1 saturated heterocycles. The molecule has 0 N–H and O–H groups in total. The molecule has 1 fully saturated rings. The quantitative estimate of drug-likeness (QED) is 0.565. The van der Waals surface area contributed by atoms with E-state index in [0.29, 0.717) is 22.8 Å². The maximum Gasteiger partial charge on any atom is 0.266 e. The number of amides is 1. The van der Waals surface area contributed by atoms with Crippen molar-refractivity contribution in [1.29, 1.82) is 0 Å². The van der Waals surface area contributed by atoms with Crippen molar-refractivity contribution in [2.24, 2.45) is 0 Å². The highest BCUT2D eigenvalue weighted by Crippen LogP contribution is 2.39. The van der Waals surface area contributed by atoms with Crippen molar-refractivity contribution in [3.8, 4) is 11.5 Å². The van der Waals surface area contributed by atoms with Crippen LogP contribution in [0.3, 0.4) is 0 Å². The SMILES string of the molecule is CCOc1cc2c(cc1/C=C1\SC(=S)N(CC(=O)[O-])C1=O)O[C@H](C)C2. The molecule has 1 aromatic rings. The third kappa shape index (κ3) is 3.64. The summed E-state index contributed by atoms with van der Waals surface area (Å²) in [5.41, 5.74) is 1.77. The smallest absolute Gasteiger partial charge is 0.266 e. The van der Waals surface area contributed by atoms with Gasteiger partial charge in [0.2, 0.25) is 0 Å². The molecular weight excluding hydrogens is 362 g/mol. The van der Waals surface area contributed by atoms with Crippen molar-refractivity contribution < 1.29 is 24.2 Å². The van der Waals surface area contributed by atoms with E-state index in [1.807, 2.05) is 26.0 Å². The first-order valence-electron chi connectivity index (χ1n) is 7.80. The molecule has 3 rings (SSSR count). The molecule has 1 atom stereocenters. The second-order valence-electron chi connectivity index (χ2n) is 5.70. The zero-order valence-corrected chi connectivity index (χ0v) is 15.4. The van der Waals surface area contributed by atoms with E-state index >= 15 is 0 Å². The van der Waals surface area contributed by atoms with E-state index in [1.165, 1.54) is 0 Å². The fourth-order valence-electron chi connectivity index (χ4n) is 2.76. The predicted molar refractivity (Wildman–Crippen MR) is 96.3 cm³/mol. The minimum atomic E-state index is -1.35. The van der Waals surface area contributed by atoms with Crippen LogP contribution in [0.15, 0.2) is 17.0 Å². The Hall–Kier alpha value is -2.06. The van der Waals surface area contributed by atoms with Crippen molar-refractivity contribution >= 4 is 46.3 Å². The monoisotopic (exact) mass is 378 g/mol. The van der Waals surface area contributed by atoms with Crippen molar-refractivity contribution in [3.05, 3.63) is 28.2 Å². The number of aliphatic carboxylic acids is 1. The molecule has 0 spiro atoms. The Morgan fingerprint density at radius 3 is 3.00 bits per heavy atom. The number of ether oxygens (including phenoxy) is 2. The molecule has 2 aliphatic heterocycles. The Labute approximate surface area is 154 Å². The normalized spacial score (nSPS) is 20.8. The number of hydrogen-bond acceptors (Lipinski definition) is 7. The molecule has 132 valence electrons. The van der Waals surface area contributed by atoms with Crippen LogP contribution < -0.4 is 14.6 Å². The first-order chi connectivity index (χ1) is 11.9. The lowest BCUT2D eigenvalue weighted by atomic mass is 10.1. The highest BCUT2D eigenvalue weighted by Gasteiger charge is 2.32. The highest BCUT2D eigenvalue weighted by atomic mass is 32.2. The number of carboxylic acid groups (broad SMARTS) is 1. The third-order valence-electron chi connectivity index (χ3n) is 3.78. The number of carbonyl (C=O) groups excluding carboxylic acids is 2. The second-order valence-corrected chi connectivity index (χ2v) is 7.38. The molecular formula is C17H16NO5S2-. The first-order valence-corrected chi connectivity index (χ1v) is 9.03. The van der Waals surface area contributed by atoms with Crippen molar-refractivity contribution in [2.45, 2.75) is 26.4 Å². The molecule has 2 heterocycles. The van der Waals surface area contributed by atoms with Gasteiger partial charge in [-0.3, -0.25) is 9.69 Å². The lowest BCUT2D eigenvalue weighted by Gasteiger charge is -2.14. The van der Waals surface area contributed by atoms with E-state index in [-0.39, 0.29) is 10.4 Å². The predicted octanol–water partition coefficient (Wildman–Crippen LogP) is 1.36. The maximum atomic E-state index is 12.4. The summed E-state index contributed by atoms with van der Waals surface area (Å²) in [4.78, 5) is 24.5. The molecule has 0 bridgehead atoms. The Balaban J connectivity index is 1.95. The Morgan fingerprint density at radius 1 is 1.56 bits per heavy atom. The first kappa shape index (κ1) is 17.8. The van der Waals surface area contributed by atoms with E-state index in [4.69, 9.17) is 21.7 Å². The molecule has 0 saturated carbocycles. The minimum Gasteiger partial charge on any atom is -0.548 e. The van der Waals surface area contributed by atoms with Gasteiger partial charge in [0, 0.05) is 17.5 Å². The molecule has 8 heteroatoms. The number of carbonyl (C=O) groups is 2. The van der Waals surface area contributed by atoms with Gasteiger partial charge in [0.25, 0.3) is 5.91 Å². The lowest BCUT2D eigenvalue weighted by Crippen LogP contribution is -2.40. The summed E-state index contributed by atoms with van der Waals surface area (Å²) in [6.07, 6.45) is 2.57. The van der Waals surface area contributed by atoms with Crippen LogP contribution in [0.25, 0.3) is 6.08 Å². The maximum absolute atomic E-state index is 12.4. The van der Waals surface area contributed by atoms with Crippen molar-refractivity contribution in [2.75, 3.05) is 13.2 Å². The van der Waals surface area contributed by atoms with Crippen LogP contribution in [0.5, 0.6) is 11.5 Å². The number of nitrogens with zero attached hydrogens (tertiary/aromatic N) is 1. The molecule has 0 aliphatic carbocycles. The Kier molecular flexibility index (Phi) is 5.01. The van der Waals surface area contributed by atoms with Crippen LogP contribution in [0.2, 0.25) is 0 Å². The van der Waals surface area contributed by atoms with E-state index < -0.39 is 18.4 Å². The van der Waals surface area contributed by atoms with Gasteiger partial charge in [-0.1, -0.05) is 24.0 Å². The molecule has 0 radical (unpaired) electrons. The van der Waals surface area contributed by atoms with Gasteiger partial charge in [-0.2, -0.15) is 0 Å². The zero-order valence-electron chi connectivity index (χ0n) is 13.7. The minimum absolute atomic E-state index is 0.0982. The van der Waals surface area contributed by atoms with Gasteiger partial charge in [-0.05, 0) is 32.1 Å². The Bertz CT molecular complexity index is 789. The molecule has 6 nitrogen and oxygen atoms in total. The standard InChI is InChI=1S/C17H17NO5S2/c1-3-22-12-5-10-4-9(2)23-13(10)6-11(12)7-14-16(21)18(8-15(19)20)17(24)25-14/h5-7,9H,3-4,8H2,1-2H3,(H,19,20)/p-1/b14-7-/t9-/m1/s1. The van der Waals surface area contributed by atoms with Crippen LogP contribution in [-0.2, 0) is 16.0 Å². The number of rotatable bonds is 5. The largest absolute Gasteiger partial charge is 0.548 e. The molecule has 0 aromatic heterocycles. The highest BCUT2D eigenvalue weighted by molar-refractivity contribution is 8.26. The lowest BCUT2D eigenvalue weighted by molar-refractivity contribution is -0.305. The van der Waals surface area contributed by atoms with Gasteiger partial charge in [-0.15, -0.1) is 0 Å². The average Bonchev–Trinajstić information content (AvgIpc) is 3.01. The van der Waals surface area contributed by atoms with E-state index in [1.54, 1.807) is 6.08 Å². The summed E-state index contributed by atoms with van der Waals surface area (Å²) < 4.78 is 11.7. The number of benzene rings is 1. The summed E-state index contributed by atoms with van der Waals surface area (Å²) in [6.45, 7) is 3.81. The molecule has 1 aromatic carbocycles. The number of hydrogen-bond donors (Lipinski definition) is 0. The van der Waals surface area contributed by atoms with Gasteiger partial charge in [0.15, 0.2) is 0 Å². The van der Waals surface area contributed by atoms with Crippen LogP contribution >= 0.6 is 24.0 Å². The molecule has 0 unspecified atom stereocenters. The van der Waals surface area contributed by atoms with Crippen LogP contribution in [0.1, 0.15) is 25.0 Å². The van der Waals surface area contributed by atoms with Gasteiger partial charge >= 0.3 is 0 Å². The fraction of sp³-hybridized carbons (Fsp3) is 0.353. The third-order valence-corrected chi connectivity index (χ3v) is 5.15. The van der Waals surface area contributed by atoms with Crippen LogP contribution in [0, 0.1) is 0 Å². The van der Waals surface area contributed by atoms with Gasteiger partial charge in [0.1, 0.15) is 21.9 Å². The average molecular weight is 378 g/mol. The van der Waals surface area contributed by atoms with Crippen LogP contribution in [-0.4, -0.2) is 40.4 Å². The van der Waals surface area contributed by atoms with Crippen molar-refractivity contribution in [3.63, 3.8) is 0 Å². The zero-order chi connectivity index (χ0) is 18.1.